The van der Waals surface area contributed by atoms with Crippen LogP contribution >= 0.6 is 0 Å². The Hall–Kier alpha value is -3.29. The standard InChI is InChI=1S/C35H45N3O8S/c1-21(2)17-38(47(41,42)26-12-10-24(11-13-26)31-16-36-33(45-31)22(3)4)18-30(39)29(14-23-8-6-5-7-9-23)37-35(40)46-32-25-15-27-28(32)20-44-34(27)43-19-25/h5-13,16,21-22,25,27-30,32,34,39H,14-15,17-20H2,1-4H3,(H,37,40)/t25-,27?,28?,29+,30-,32?,34?/m1/s1. The lowest BCUT2D eigenvalue weighted by atomic mass is 9.98. The van der Waals surface area contributed by atoms with Crippen molar-refractivity contribution in [2.45, 2.75) is 75.9 Å². The van der Waals surface area contributed by atoms with Gasteiger partial charge >= 0.3 is 6.09 Å². The molecule has 4 unspecified atom stereocenters. The number of hydrogen-bond acceptors (Lipinski definition) is 9. The largest absolute Gasteiger partial charge is 0.445 e. The number of carbonyl (C=O) groups is 1. The van der Waals surface area contributed by atoms with Crippen molar-refractivity contribution in [3.8, 4) is 11.3 Å². The van der Waals surface area contributed by atoms with Crippen LogP contribution < -0.4 is 5.32 Å². The molecule has 1 aromatic heterocycles. The maximum Gasteiger partial charge on any atom is 0.407 e. The average molecular weight is 668 g/mol. The summed E-state index contributed by atoms with van der Waals surface area (Å²) in [4.78, 5) is 17.8. The molecule has 2 saturated heterocycles. The van der Waals surface area contributed by atoms with Gasteiger partial charge in [0.25, 0.3) is 0 Å². The Kier molecular flexibility index (Phi) is 10.0. The first-order valence-corrected chi connectivity index (χ1v) is 17.9. The molecule has 1 amide bonds. The smallest absolute Gasteiger partial charge is 0.407 e. The number of carbonyl (C=O) groups excluding carboxylic acids is 1. The third-order valence-electron chi connectivity index (χ3n) is 9.35. The van der Waals surface area contributed by atoms with Crippen molar-refractivity contribution in [1.29, 1.82) is 0 Å². The van der Waals surface area contributed by atoms with Gasteiger partial charge in [-0.1, -0.05) is 58.0 Å². The van der Waals surface area contributed by atoms with Crippen LogP contribution in [0.15, 0.2) is 70.1 Å². The van der Waals surface area contributed by atoms with Gasteiger partial charge in [-0.05, 0) is 48.6 Å². The summed E-state index contributed by atoms with van der Waals surface area (Å²) < 4.78 is 52.7. The molecule has 6 rings (SSSR count). The maximum atomic E-state index is 14.0. The summed E-state index contributed by atoms with van der Waals surface area (Å²) >= 11 is 0. The molecule has 2 aliphatic heterocycles. The highest BCUT2D eigenvalue weighted by molar-refractivity contribution is 7.89. The van der Waals surface area contributed by atoms with E-state index in [1.54, 1.807) is 18.3 Å². The number of aliphatic hydroxyl groups excluding tert-OH is 1. The predicted octanol–water partition coefficient (Wildman–Crippen LogP) is 4.82. The van der Waals surface area contributed by atoms with Crippen molar-refractivity contribution in [2.75, 3.05) is 26.3 Å². The Bertz CT molecular complexity index is 1610. The molecule has 3 aliphatic rings. The lowest BCUT2D eigenvalue weighted by Gasteiger charge is -2.31. The molecular weight excluding hydrogens is 622 g/mol. The first-order chi connectivity index (χ1) is 22.5. The van der Waals surface area contributed by atoms with Gasteiger partial charge in [0.05, 0.1) is 36.5 Å². The number of oxazole rings is 1. The second kappa shape index (κ2) is 14.1. The van der Waals surface area contributed by atoms with Crippen molar-refractivity contribution < 1.29 is 36.9 Å². The van der Waals surface area contributed by atoms with Crippen LogP contribution in [0, 0.1) is 23.7 Å². The molecule has 3 aromatic rings. The Morgan fingerprint density at radius 1 is 1.02 bits per heavy atom. The number of rotatable bonds is 13. The highest BCUT2D eigenvalue weighted by Crippen LogP contribution is 2.49. The summed E-state index contributed by atoms with van der Waals surface area (Å²) in [7, 11) is -4.01. The summed E-state index contributed by atoms with van der Waals surface area (Å²) in [5, 5.41) is 14.5. The van der Waals surface area contributed by atoms with Crippen molar-refractivity contribution in [1.82, 2.24) is 14.6 Å². The number of benzene rings is 2. The van der Waals surface area contributed by atoms with Gasteiger partial charge in [0.1, 0.15) is 6.10 Å². The van der Waals surface area contributed by atoms with Gasteiger partial charge in [-0.15, -0.1) is 0 Å². The Balaban J connectivity index is 1.18. The van der Waals surface area contributed by atoms with Crippen molar-refractivity contribution in [3.05, 3.63) is 72.2 Å². The molecule has 0 spiro atoms. The summed E-state index contributed by atoms with van der Waals surface area (Å²) in [5.41, 5.74) is 1.60. The van der Waals surface area contributed by atoms with Crippen LogP contribution in [0.5, 0.6) is 0 Å². The van der Waals surface area contributed by atoms with E-state index in [0.29, 0.717) is 30.4 Å². The molecule has 2 N–H and O–H groups in total. The molecule has 7 atom stereocenters. The van der Waals surface area contributed by atoms with E-state index in [9.17, 15) is 18.3 Å². The van der Waals surface area contributed by atoms with Crippen LogP contribution in [0.4, 0.5) is 4.79 Å². The molecule has 254 valence electrons. The number of fused-ring (bicyclic) bond motifs is 1. The Morgan fingerprint density at radius 3 is 2.43 bits per heavy atom. The second-order valence-electron chi connectivity index (χ2n) is 13.7. The lowest BCUT2D eigenvalue weighted by molar-refractivity contribution is -0.169. The number of amides is 1. The molecule has 11 nitrogen and oxygen atoms in total. The maximum absolute atomic E-state index is 14.0. The minimum absolute atomic E-state index is 0.0215. The average Bonchev–Trinajstić information content (AvgIpc) is 3.76. The zero-order valence-electron chi connectivity index (χ0n) is 27.3. The van der Waals surface area contributed by atoms with Gasteiger partial charge in [-0.25, -0.2) is 18.2 Å². The van der Waals surface area contributed by atoms with Crippen molar-refractivity contribution in [3.63, 3.8) is 0 Å². The first-order valence-electron chi connectivity index (χ1n) is 16.5. The fourth-order valence-electron chi connectivity index (χ4n) is 6.95. The normalized spacial score (nSPS) is 25.0. The van der Waals surface area contributed by atoms with Crippen LogP contribution in [0.2, 0.25) is 0 Å². The molecule has 12 heteroatoms. The first kappa shape index (κ1) is 33.6. The van der Waals surface area contributed by atoms with Gasteiger partial charge in [-0.3, -0.25) is 0 Å². The second-order valence-corrected chi connectivity index (χ2v) is 15.6. The van der Waals surface area contributed by atoms with Gasteiger partial charge in [-0.2, -0.15) is 4.31 Å². The lowest BCUT2D eigenvalue weighted by Crippen LogP contribution is -2.52. The quantitative estimate of drug-likeness (QED) is 0.263. The monoisotopic (exact) mass is 667 g/mol. The van der Waals surface area contributed by atoms with Gasteiger partial charge in [0.2, 0.25) is 10.0 Å². The Labute approximate surface area is 276 Å². The molecule has 1 aliphatic carbocycles. The van der Waals surface area contributed by atoms with Crippen LogP contribution in [-0.4, -0.2) is 79.7 Å². The fourth-order valence-corrected chi connectivity index (χ4v) is 8.57. The number of nitrogens with one attached hydrogen (secondary N) is 1. The van der Waals surface area contributed by atoms with E-state index in [1.807, 2.05) is 58.0 Å². The van der Waals surface area contributed by atoms with E-state index >= 15 is 0 Å². The molecule has 2 aromatic carbocycles. The molecule has 2 bridgehead atoms. The summed E-state index contributed by atoms with van der Waals surface area (Å²) in [6.07, 6.45) is 0.366. The summed E-state index contributed by atoms with van der Waals surface area (Å²) in [6.45, 7) is 8.73. The predicted molar refractivity (Wildman–Crippen MR) is 174 cm³/mol. The molecular formula is C35H45N3O8S. The SMILES string of the molecule is CC(C)CN(C[C@@H](O)[C@H](Cc1ccccc1)NC(=O)OC1C2COC3OC[C@H]1CC32)S(=O)(=O)c1ccc(-c2cnc(C(C)C)o2)cc1. The number of nitrogens with zero attached hydrogens (tertiary/aromatic N) is 2. The number of hydrogen-bond donors (Lipinski definition) is 2. The molecule has 1 saturated carbocycles. The summed E-state index contributed by atoms with van der Waals surface area (Å²) in [6, 6.07) is 15.1. The zero-order chi connectivity index (χ0) is 33.3. The molecule has 3 heterocycles. The van der Waals surface area contributed by atoms with Gasteiger partial charge < -0.3 is 29.1 Å². The number of aromatic nitrogens is 1. The van der Waals surface area contributed by atoms with E-state index in [-0.39, 0.29) is 66.4 Å². The highest BCUT2D eigenvalue weighted by atomic mass is 32.2. The Morgan fingerprint density at radius 2 is 1.74 bits per heavy atom. The van der Waals surface area contributed by atoms with E-state index in [0.717, 1.165) is 12.0 Å². The topological polar surface area (TPSA) is 140 Å². The van der Waals surface area contributed by atoms with E-state index in [1.165, 1.54) is 16.4 Å². The number of aliphatic hydroxyl groups is 1. The molecule has 47 heavy (non-hydrogen) atoms. The van der Waals surface area contributed by atoms with Crippen molar-refractivity contribution >= 4 is 16.1 Å². The van der Waals surface area contributed by atoms with E-state index in [2.05, 4.69) is 10.3 Å². The summed E-state index contributed by atoms with van der Waals surface area (Å²) in [5.74, 6) is 1.67. The van der Waals surface area contributed by atoms with Crippen LogP contribution in [0.25, 0.3) is 11.3 Å². The van der Waals surface area contributed by atoms with Crippen LogP contribution in [0.3, 0.4) is 0 Å². The number of ether oxygens (including phenoxy) is 3. The van der Waals surface area contributed by atoms with Gasteiger partial charge in [0.15, 0.2) is 17.9 Å². The molecule has 0 radical (unpaired) electrons. The van der Waals surface area contributed by atoms with Crippen LogP contribution in [0.1, 0.15) is 51.5 Å². The van der Waals surface area contributed by atoms with Gasteiger partial charge in [0, 0.05) is 42.3 Å². The number of alkyl carbamates (subject to hydrolysis) is 1. The number of sulfonamides is 1. The highest BCUT2D eigenvalue weighted by Gasteiger charge is 2.56. The molecule has 3 fully saturated rings. The zero-order valence-corrected chi connectivity index (χ0v) is 28.1. The van der Waals surface area contributed by atoms with E-state index < -0.39 is 28.3 Å². The van der Waals surface area contributed by atoms with E-state index in [4.69, 9.17) is 18.6 Å². The third kappa shape index (κ3) is 7.41. The fraction of sp³-hybridized carbons (Fsp3) is 0.543. The minimum atomic E-state index is -4.01. The van der Waals surface area contributed by atoms with Crippen molar-refractivity contribution in [2.24, 2.45) is 23.7 Å². The minimum Gasteiger partial charge on any atom is -0.445 e. The van der Waals surface area contributed by atoms with Crippen LogP contribution in [-0.2, 0) is 30.7 Å². The third-order valence-corrected chi connectivity index (χ3v) is 11.2.